The van der Waals surface area contributed by atoms with E-state index in [0.717, 1.165) is 11.3 Å². The summed E-state index contributed by atoms with van der Waals surface area (Å²) < 4.78 is 0. The minimum atomic E-state index is 0.0770. The number of rotatable bonds is 0. The topological polar surface area (TPSA) is 40.5 Å². The molecule has 0 radical (unpaired) electrons. The van der Waals surface area contributed by atoms with Gasteiger partial charge in [-0.3, -0.25) is 4.79 Å². The van der Waals surface area contributed by atoms with Crippen molar-refractivity contribution >= 4 is 23.2 Å². The Kier molecular flexibility index (Phi) is 2.11. The van der Waals surface area contributed by atoms with E-state index in [1.165, 1.54) is 0 Å². The lowest BCUT2D eigenvalue weighted by atomic mass is 10.0. The zero-order valence-electron chi connectivity index (χ0n) is 7.75. The summed E-state index contributed by atoms with van der Waals surface area (Å²) in [6.45, 7) is 0. The minimum absolute atomic E-state index is 0.0770. The summed E-state index contributed by atoms with van der Waals surface area (Å²) in [4.78, 5) is 12.9. The van der Waals surface area contributed by atoms with Crippen molar-refractivity contribution in [1.29, 1.82) is 0 Å². The first kappa shape index (κ1) is 9.34. The van der Waals surface area contributed by atoms with Crippen molar-refractivity contribution < 1.29 is 9.90 Å². The monoisotopic (exact) mass is 211 g/mol. The van der Waals surface area contributed by atoms with Gasteiger partial charge in [0.1, 0.15) is 5.75 Å². The fourth-order valence-corrected chi connectivity index (χ4v) is 1.81. The standard InChI is InChI=1S/C10H10ClNO2/c1-12-8-5-7(11)9(13)4-6(8)2-3-10(12)14/h4-5,13H,2-3H2,1H3. The van der Waals surface area contributed by atoms with Crippen LogP contribution >= 0.6 is 11.6 Å². The predicted molar refractivity (Wildman–Crippen MR) is 54.8 cm³/mol. The summed E-state index contributed by atoms with van der Waals surface area (Å²) in [5.74, 6) is 0.160. The van der Waals surface area contributed by atoms with Crippen molar-refractivity contribution in [2.75, 3.05) is 11.9 Å². The number of phenolic OH excluding ortho intramolecular Hbond substituents is 1. The van der Waals surface area contributed by atoms with E-state index >= 15 is 0 Å². The highest BCUT2D eigenvalue weighted by molar-refractivity contribution is 6.32. The molecule has 1 aromatic carbocycles. The maximum Gasteiger partial charge on any atom is 0.227 e. The maximum atomic E-state index is 11.4. The van der Waals surface area contributed by atoms with Crippen LogP contribution in [0.3, 0.4) is 0 Å². The van der Waals surface area contributed by atoms with Crippen molar-refractivity contribution in [3.63, 3.8) is 0 Å². The first-order chi connectivity index (χ1) is 6.59. The molecule has 1 heterocycles. The molecular weight excluding hydrogens is 202 g/mol. The molecule has 0 fully saturated rings. The molecule has 1 aliphatic heterocycles. The van der Waals surface area contributed by atoms with Crippen LogP contribution in [0.4, 0.5) is 5.69 Å². The van der Waals surface area contributed by atoms with Gasteiger partial charge in [0.15, 0.2) is 0 Å². The van der Waals surface area contributed by atoms with Gasteiger partial charge in [-0.05, 0) is 24.1 Å². The second kappa shape index (κ2) is 3.17. The number of hydrogen-bond acceptors (Lipinski definition) is 2. The van der Waals surface area contributed by atoms with Crippen molar-refractivity contribution in [2.45, 2.75) is 12.8 Å². The molecule has 0 aliphatic carbocycles. The number of fused-ring (bicyclic) bond motifs is 1. The molecule has 1 amide bonds. The molecule has 0 bridgehead atoms. The van der Waals surface area contributed by atoms with E-state index in [1.807, 2.05) is 0 Å². The summed E-state index contributed by atoms with van der Waals surface area (Å²) >= 11 is 5.77. The van der Waals surface area contributed by atoms with Gasteiger partial charge in [0.25, 0.3) is 0 Å². The zero-order valence-corrected chi connectivity index (χ0v) is 8.51. The molecule has 14 heavy (non-hydrogen) atoms. The summed E-state index contributed by atoms with van der Waals surface area (Å²) in [6, 6.07) is 3.25. The Morgan fingerprint density at radius 3 is 2.86 bits per heavy atom. The van der Waals surface area contributed by atoms with Gasteiger partial charge in [0.2, 0.25) is 5.91 Å². The number of anilines is 1. The smallest absolute Gasteiger partial charge is 0.227 e. The van der Waals surface area contributed by atoms with Crippen LogP contribution in [0.2, 0.25) is 5.02 Å². The summed E-state index contributed by atoms with van der Waals surface area (Å²) in [5.41, 5.74) is 1.76. The summed E-state index contributed by atoms with van der Waals surface area (Å²) in [5, 5.41) is 9.67. The molecule has 0 unspecified atom stereocenters. The molecule has 1 N–H and O–H groups in total. The van der Waals surface area contributed by atoms with Crippen LogP contribution in [0.5, 0.6) is 5.75 Å². The lowest BCUT2D eigenvalue weighted by Crippen LogP contribution is -2.30. The van der Waals surface area contributed by atoms with E-state index < -0.39 is 0 Å². The second-order valence-electron chi connectivity index (χ2n) is 3.39. The van der Waals surface area contributed by atoms with Crippen molar-refractivity contribution in [3.05, 3.63) is 22.7 Å². The lowest BCUT2D eigenvalue weighted by Gasteiger charge is -2.25. The minimum Gasteiger partial charge on any atom is -0.506 e. The summed E-state index contributed by atoms with van der Waals surface area (Å²) in [7, 11) is 1.72. The Balaban J connectivity index is 2.55. The van der Waals surface area contributed by atoms with Gasteiger partial charge in [0, 0.05) is 19.2 Å². The number of halogens is 1. The molecule has 4 heteroatoms. The molecule has 1 aromatic rings. The average Bonchev–Trinajstić information content (AvgIpc) is 2.15. The fraction of sp³-hybridized carbons (Fsp3) is 0.300. The van der Waals surface area contributed by atoms with E-state index in [0.29, 0.717) is 12.8 Å². The quantitative estimate of drug-likeness (QED) is 0.713. The van der Waals surface area contributed by atoms with E-state index in [2.05, 4.69) is 0 Å². The van der Waals surface area contributed by atoms with E-state index in [1.54, 1.807) is 24.1 Å². The first-order valence-corrected chi connectivity index (χ1v) is 4.75. The number of hydrogen-bond donors (Lipinski definition) is 1. The molecule has 0 spiro atoms. The molecule has 0 saturated heterocycles. The normalized spacial score (nSPS) is 15.6. The zero-order chi connectivity index (χ0) is 10.3. The van der Waals surface area contributed by atoms with Crippen molar-refractivity contribution in [1.82, 2.24) is 0 Å². The van der Waals surface area contributed by atoms with Crippen LogP contribution in [0.15, 0.2) is 12.1 Å². The highest BCUT2D eigenvalue weighted by Gasteiger charge is 2.21. The summed E-state index contributed by atoms with van der Waals surface area (Å²) in [6.07, 6.45) is 1.16. The number of nitrogens with zero attached hydrogens (tertiary/aromatic N) is 1. The number of phenols is 1. The number of aromatic hydroxyl groups is 1. The number of carbonyl (C=O) groups is 1. The second-order valence-corrected chi connectivity index (χ2v) is 3.79. The van der Waals surface area contributed by atoms with Crippen molar-refractivity contribution in [3.8, 4) is 5.75 Å². The highest BCUT2D eigenvalue weighted by Crippen LogP contribution is 2.35. The number of carbonyl (C=O) groups excluding carboxylic acids is 1. The molecule has 2 rings (SSSR count). The molecule has 1 aliphatic rings. The van der Waals surface area contributed by atoms with E-state index in [4.69, 9.17) is 11.6 Å². The number of amides is 1. The van der Waals surface area contributed by atoms with Gasteiger partial charge in [-0.15, -0.1) is 0 Å². The van der Waals surface area contributed by atoms with Gasteiger partial charge in [-0.2, -0.15) is 0 Å². The van der Waals surface area contributed by atoms with E-state index in [9.17, 15) is 9.90 Å². The SMILES string of the molecule is CN1C(=O)CCc2cc(O)c(Cl)cc21. The van der Waals surface area contributed by atoms with Gasteiger partial charge >= 0.3 is 0 Å². The first-order valence-electron chi connectivity index (χ1n) is 4.37. The third-order valence-electron chi connectivity index (χ3n) is 2.49. The molecular formula is C10H10ClNO2. The lowest BCUT2D eigenvalue weighted by molar-refractivity contribution is -0.118. The fourth-order valence-electron chi connectivity index (χ4n) is 1.65. The molecule has 0 saturated carbocycles. The van der Waals surface area contributed by atoms with Crippen LogP contribution < -0.4 is 4.90 Å². The molecule has 3 nitrogen and oxygen atoms in total. The Labute approximate surface area is 86.9 Å². The van der Waals surface area contributed by atoms with Crippen LogP contribution in [-0.2, 0) is 11.2 Å². The number of aryl methyl sites for hydroxylation is 1. The van der Waals surface area contributed by atoms with Gasteiger partial charge in [-0.25, -0.2) is 0 Å². The van der Waals surface area contributed by atoms with E-state index in [-0.39, 0.29) is 16.7 Å². The Bertz CT molecular complexity index is 403. The van der Waals surface area contributed by atoms with Crippen LogP contribution in [0.25, 0.3) is 0 Å². The Morgan fingerprint density at radius 1 is 1.43 bits per heavy atom. The third kappa shape index (κ3) is 1.34. The third-order valence-corrected chi connectivity index (χ3v) is 2.79. The largest absolute Gasteiger partial charge is 0.506 e. The van der Waals surface area contributed by atoms with Crippen molar-refractivity contribution in [2.24, 2.45) is 0 Å². The maximum absolute atomic E-state index is 11.4. The van der Waals surface area contributed by atoms with Gasteiger partial charge in [-0.1, -0.05) is 11.6 Å². The molecule has 74 valence electrons. The van der Waals surface area contributed by atoms with Crippen LogP contribution in [-0.4, -0.2) is 18.1 Å². The Hall–Kier alpha value is -1.22. The van der Waals surface area contributed by atoms with Gasteiger partial charge < -0.3 is 10.0 Å². The highest BCUT2D eigenvalue weighted by atomic mass is 35.5. The van der Waals surface area contributed by atoms with Crippen LogP contribution in [0.1, 0.15) is 12.0 Å². The number of benzene rings is 1. The molecule has 0 aromatic heterocycles. The average molecular weight is 212 g/mol. The Morgan fingerprint density at radius 2 is 2.14 bits per heavy atom. The predicted octanol–water partition coefficient (Wildman–Crippen LogP) is 1.95. The molecule has 0 atom stereocenters. The van der Waals surface area contributed by atoms with Gasteiger partial charge in [0.05, 0.1) is 5.02 Å². The van der Waals surface area contributed by atoms with Crippen LogP contribution in [0, 0.1) is 0 Å².